The molecule has 0 fully saturated rings. The fraction of sp³-hybridized carbons (Fsp3) is 0.333. The SMILES string of the molecule is Cc1cc(C)c(CC(=O)N(C)Cc2ccc(OCC(=O)O)cc2)c(C)c1. The van der Waals surface area contributed by atoms with Crippen LogP contribution in [0.1, 0.15) is 27.8 Å². The average molecular weight is 355 g/mol. The van der Waals surface area contributed by atoms with Crippen molar-refractivity contribution in [2.75, 3.05) is 13.7 Å². The van der Waals surface area contributed by atoms with E-state index in [-0.39, 0.29) is 12.5 Å². The molecule has 138 valence electrons. The van der Waals surface area contributed by atoms with Crippen molar-refractivity contribution in [1.82, 2.24) is 4.90 Å². The summed E-state index contributed by atoms with van der Waals surface area (Å²) < 4.78 is 5.11. The molecule has 0 spiro atoms. The lowest BCUT2D eigenvalue weighted by molar-refractivity contribution is -0.139. The minimum atomic E-state index is -1.01. The molecule has 1 N–H and O–H groups in total. The van der Waals surface area contributed by atoms with E-state index in [0.717, 1.165) is 22.3 Å². The van der Waals surface area contributed by atoms with E-state index in [9.17, 15) is 9.59 Å². The van der Waals surface area contributed by atoms with Crippen molar-refractivity contribution in [1.29, 1.82) is 0 Å². The molecule has 0 bridgehead atoms. The van der Waals surface area contributed by atoms with Crippen LogP contribution in [0.25, 0.3) is 0 Å². The van der Waals surface area contributed by atoms with Crippen molar-refractivity contribution in [2.24, 2.45) is 0 Å². The van der Waals surface area contributed by atoms with E-state index in [4.69, 9.17) is 9.84 Å². The van der Waals surface area contributed by atoms with Gasteiger partial charge in [-0.1, -0.05) is 29.8 Å². The van der Waals surface area contributed by atoms with Gasteiger partial charge in [0, 0.05) is 13.6 Å². The summed E-state index contributed by atoms with van der Waals surface area (Å²) in [6.07, 6.45) is 0.383. The zero-order chi connectivity index (χ0) is 19.3. The van der Waals surface area contributed by atoms with Gasteiger partial charge in [-0.25, -0.2) is 4.79 Å². The first-order valence-corrected chi connectivity index (χ1v) is 8.50. The number of likely N-dealkylation sites (N-methyl/N-ethyl adjacent to an activating group) is 1. The Morgan fingerprint density at radius 3 is 2.15 bits per heavy atom. The third kappa shape index (κ3) is 5.34. The average Bonchev–Trinajstić information content (AvgIpc) is 2.57. The van der Waals surface area contributed by atoms with Gasteiger partial charge in [0.2, 0.25) is 5.91 Å². The second-order valence-corrected chi connectivity index (χ2v) is 6.63. The van der Waals surface area contributed by atoms with Crippen molar-refractivity contribution in [3.05, 3.63) is 64.2 Å². The molecule has 0 aromatic heterocycles. The number of benzene rings is 2. The van der Waals surface area contributed by atoms with Crippen LogP contribution < -0.4 is 4.74 Å². The van der Waals surface area contributed by atoms with Crippen LogP contribution in [0.15, 0.2) is 36.4 Å². The number of carbonyl (C=O) groups excluding carboxylic acids is 1. The molecule has 0 radical (unpaired) electrons. The maximum atomic E-state index is 12.6. The number of ether oxygens (including phenoxy) is 1. The van der Waals surface area contributed by atoms with E-state index >= 15 is 0 Å². The number of rotatable bonds is 7. The summed E-state index contributed by atoms with van der Waals surface area (Å²) in [6.45, 7) is 6.26. The van der Waals surface area contributed by atoms with Crippen LogP contribution in [0, 0.1) is 20.8 Å². The number of hydrogen-bond donors (Lipinski definition) is 1. The fourth-order valence-corrected chi connectivity index (χ4v) is 2.97. The van der Waals surface area contributed by atoms with Crippen molar-refractivity contribution < 1.29 is 19.4 Å². The molecular formula is C21H25NO4. The molecule has 2 rings (SSSR count). The molecule has 5 heteroatoms. The summed E-state index contributed by atoms with van der Waals surface area (Å²) in [5, 5.41) is 8.62. The lowest BCUT2D eigenvalue weighted by Gasteiger charge is -2.19. The van der Waals surface area contributed by atoms with E-state index in [0.29, 0.717) is 18.7 Å². The predicted octanol–water partition coefficient (Wildman–Crippen LogP) is 3.28. The second-order valence-electron chi connectivity index (χ2n) is 6.63. The Hall–Kier alpha value is -2.82. The van der Waals surface area contributed by atoms with Crippen LogP contribution in [0.2, 0.25) is 0 Å². The van der Waals surface area contributed by atoms with Crippen molar-refractivity contribution in [3.63, 3.8) is 0 Å². The number of hydrogen-bond acceptors (Lipinski definition) is 3. The van der Waals surface area contributed by atoms with Crippen LogP contribution in [-0.4, -0.2) is 35.5 Å². The highest BCUT2D eigenvalue weighted by Gasteiger charge is 2.14. The smallest absolute Gasteiger partial charge is 0.341 e. The maximum Gasteiger partial charge on any atom is 0.341 e. The minimum absolute atomic E-state index is 0.0613. The summed E-state index contributed by atoms with van der Waals surface area (Å²) in [5.74, 6) is -0.455. The Morgan fingerprint density at radius 2 is 1.62 bits per heavy atom. The summed E-state index contributed by atoms with van der Waals surface area (Å²) in [7, 11) is 1.79. The number of nitrogens with zero attached hydrogens (tertiary/aromatic N) is 1. The lowest BCUT2D eigenvalue weighted by atomic mass is 9.97. The van der Waals surface area contributed by atoms with Gasteiger partial charge in [-0.3, -0.25) is 4.79 Å². The van der Waals surface area contributed by atoms with Gasteiger partial charge in [-0.05, 0) is 55.2 Å². The molecule has 2 aromatic carbocycles. The lowest BCUT2D eigenvalue weighted by Crippen LogP contribution is -2.28. The molecule has 2 aromatic rings. The van der Waals surface area contributed by atoms with Crippen LogP contribution in [-0.2, 0) is 22.6 Å². The fourth-order valence-electron chi connectivity index (χ4n) is 2.97. The van der Waals surface area contributed by atoms with Gasteiger partial charge in [-0.15, -0.1) is 0 Å². The number of amides is 1. The van der Waals surface area contributed by atoms with E-state index in [1.54, 1.807) is 24.1 Å². The van der Waals surface area contributed by atoms with Crippen molar-refractivity contribution >= 4 is 11.9 Å². The maximum absolute atomic E-state index is 12.6. The zero-order valence-electron chi connectivity index (χ0n) is 15.7. The van der Waals surface area contributed by atoms with Crippen LogP contribution >= 0.6 is 0 Å². The van der Waals surface area contributed by atoms with Gasteiger partial charge < -0.3 is 14.7 Å². The standard InChI is InChI=1S/C21H25NO4/c1-14-9-15(2)19(16(3)10-14)11-20(23)22(4)12-17-5-7-18(8-6-17)26-13-21(24)25/h5-10H,11-13H2,1-4H3,(H,24,25). The highest BCUT2D eigenvalue weighted by atomic mass is 16.5. The van der Waals surface area contributed by atoms with Crippen LogP contribution in [0.4, 0.5) is 0 Å². The normalized spacial score (nSPS) is 10.5. The van der Waals surface area contributed by atoms with Gasteiger partial charge in [0.05, 0.1) is 6.42 Å². The largest absolute Gasteiger partial charge is 0.482 e. The summed E-state index contributed by atoms with van der Waals surface area (Å²) in [5.41, 5.74) is 5.54. The second kappa shape index (κ2) is 8.52. The topological polar surface area (TPSA) is 66.8 Å². The molecule has 0 saturated carbocycles. The molecule has 0 saturated heterocycles. The minimum Gasteiger partial charge on any atom is -0.482 e. The van der Waals surface area contributed by atoms with Crippen molar-refractivity contribution in [2.45, 2.75) is 33.7 Å². The molecule has 1 amide bonds. The highest BCUT2D eigenvalue weighted by Crippen LogP contribution is 2.18. The number of aryl methyl sites for hydroxylation is 3. The van der Waals surface area contributed by atoms with Gasteiger partial charge in [0.25, 0.3) is 0 Å². The highest BCUT2D eigenvalue weighted by molar-refractivity contribution is 5.79. The van der Waals surface area contributed by atoms with E-state index < -0.39 is 5.97 Å². The van der Waals surface area contributed by atoms with E-state index in [1.165, 1.54) is 5.56 Å². The van der Waals surface area contributed by atoms with Gasteiger partial charge in [0.15, 0.2) is 6.61 Å². The zero-order valence-corrected chi connectivity index (χ0v) is 15.7. The summed E-state index contributed by atoms with van der Waals surface area (Å²) in [6, 6.07) is 11.3. The Kier molecular flexibility index (Phi) is 6.39. The number of aliphatic carboxylic acids is 1. The van der Waals surface area contributed by atoms with Gasteiger partial charge >= 0.3 is 5.97 Å². The first-order valence-electron chi connectivity index (χ1n) is 8.50. The Balaban J connectivity index is 1.98. The van der Waals surface area contributed by atoms with Gasteiger partial charge in [0.1, 0.15) is 5.75 Å². The number of carboxylic acids is 1. The Labute approximate surface area is 154 Å². The molecule has 0 aliphatic rings. The predicted molar refractivity (Wildman–Crippen MR) is 100 cm³/mol. The molecule has 0 unspecified atom stereocenters. The summed E-state index contributed by atoms with van der Waals surface area (Å²) >= 11 is 0. The molecule has 0 aliphatic carbocycles. The first-order chi connectivity index (χ1) is 12.3. The molecule has 0 atom stereocenters. The molecule has 0 aliphatic heterocycles. The molecule has 5 nitrogen and oxygen atoms in total. The first kappa shape index (κ1) is 19.5. The number of carboxylic acid groups (broad SMARTS) is 1. The van der Waals surface area contributed by atoms with Crippen molar-refractivity contribution in [3.8, 4) is 5.75 Å². The Bertz CT molecular complexity index is 773. The molecular weight excluding hydrogens is 330 g/mol. The third-order valence-electron chi connectivity index (χ3n) is 4.30. The molecule has 0 heterocycles. The summed E-state index contributed by atoms with van der Waals surface area (Å²) in [4.78, 5) is 24.8. The molecule has 26 heavy (non-hydrogen) atoms. The van der Waals surface area contributed by atoms with Crippen LogP contribution in [0.3, 0.4) is 0 Å². The van der Waals surface area contributed by atoms with E-state index in [2.05, 4.69) is 19.1 Å². The van der Waals surface area contributed by atoms with Gasteiger partial charge in [-0.2, -0.15) is 0 Å². The van der Waals surface area contributed by atoms with E-state index in [1.807, 2.05) is 26.0 Å². The Morgan fingerprint density at radius 1 is 1.04 bits per heavy atom. The monoisotopic (exact) mass is 355 g/mol. The van der Waals surface area contributed by atoms with Crippen LogP contribution in [0.5, 0.6) is 5.75 Å². The number of carbonyl (C=O) groups is 2. The quantitative estimate of drug-likeness (QED) is 0.828. The third-order valence-corrected chi connectivity index (χ3v) is 4.30.